The zero-order valence-corrected chi connectivity index (χ0v) is 38.3. The maximum absolute atomic E-state index is 3.50. The van der Waals surface area contributed by atoms with Crippen molar-refractivity contribution in [3.8, 4) is 22.3 Å². The summed E-state index contributed by atoms with van der Waals surface area (Å²) in [4.78, 5) is 4.20. The van der Waals surface area contributed by atoms with Crippen LogP contribution in [-0.2, 0) is 61.3 Å². The summed E-state index contributed by atoms with van der Waals surface area (Å²) < 4.78 is 3.01. The molecule has 0 unspecified atom stereocenters. The number of fused-ring (bicyclic) bond motifs is 6. The molecule has 0 aliphatic heterocycles. The third-order valence-electron chi connectivity index (χ3n) is 7.51. The summed E-state index contributed by atoms with van der Waals surface area (Å²) in [6, 6.07) is 32.9. The number of nitrogens with zero attached hydrogens (tertiary/aromatic N) is 2. The molecule has 0 radical (unpaired) electrons. The summed E-state index contributed by atoms with van der Waals surface area (Å²) in [5.41, 5.74) is 13.3. The van der Waals surface area contributed by atoms with Crippen LogP contribution < -0.4 is 34.6 Å². The SMILES string of the molecule is CN(C)c1[c-]c2c(cc1)-c1ccccc1C2.CN(C)c1[c-]c2c(cc1)-c1ccccc1C2.C[C](C)=[Zr+2].C[C](C)=[Zr+2].[C-]1=CC=CC1.[C-]1=CC=CC1.[Cl-].[Cl-]. The number of halogens is 2. The molecule has 0 saturated heterocycles. The van der Waals surface area contributed by atoms with Crippen LogP contribution in [0.25, 0.3) is 22.3 Å². The zero-order chi connectivity index (χ0) is 36.5. The van der Waals surface area contributed by atoms with Crippen molar-refractivity contribution in [3.63, 3.8) is 0 Å². The van der Waals surface area contributed by atoms with E-state index in [0.29, 0.717) is 0 Å². The molecule has 6 heteroatoms. The van der Waals surface area contributed by atoms with Crippen LogP contribution in [-0.4, -0.2) is 34.6 Å². The summed E-state index contributed by atoms with van der Waals surface area (Å²) >= 11 is 3.11. The van der Waals surface area contributed by atoms with Crippen LogP contribution >= 0.6 is 0 Å². The Bertz CT molecular complexity index is 1690. The van der Waals surface area contributed by atoms with Gasteiger partial charge in [0.25, 0.3) is 0 Å². The smallest absolute Gasteiger partial charge is 0.109 e. The number of allylic oxidation sites excluding steroid dienone is 8. The maximum Gasteiger partial charge on any atom is -0.109 e. The van der Waals surface area contributed by atoms with E-state index in [-0.39, 0.29) is 24.8 Å². The van der Waals surface area contributed by atoms with E-state index in [0.717, 1.165) is 37.1 Å². The average Bonchev–Trinajstić information content (AvgIpc) is 3.92. The van der Waals surface area contributed by atoms with Crippen LogP contribution in [0.1, 0.15) is 62.8 Å². The van der Waals surface area contributed by atoms with Gasteiger partial charge >= 0.3 is 82.6 Å². The fourth-order valence-electron chi connectivity index (χ4n) is 5.29. The van der Waals surface area contributed by atoms with Crippen molar-refractivity contribution in [2.24, 2.45) is 0 Å². The molecule has 0 bridgehead atoms. The van der Waals surface area contributed by atoms with Gasteiger partial charge in [-0.15, -0.1) is 47.2 Å². The van der Waals surface area contributed by atoms with Crippen molar-refractivity contribution in [1.29, 1.82) is 0 Å². The molecule has 0 N–H and O–H groups in total. The van der Waals surface area contributed by atoms with Gasteiger partial charge in [0.2, 0.25) is 0 Å². The van der Waals surface area contributed by atoms with Gasteiger partial charge in [0.05, 0.1) is 0 Å². The molecule has 0 aromatic heterocycles. The molecule has 2 nitrogen and oxygen atoms in total. The Kier molecular flexibility index (Phi) is 23.3. The number of hydrogen-bond donors (Lipinski definition) is 0. The van der Waals surface area contributed by atoms with Crippen molar-refractivity contribution in [2.45, 2.75) is 53.4 Å². The molecule has 0 heterocycles. The van der Waals surface area contributed by atoms with E-state index in [2.05, 4.69) is 175 Å². The molecule has 268 valence electrons. The van der Waals surface area contributed by atoms with Gasteiger partial charge < -0.3 is 34.6 Å². The van der Waals surface area contributed by atoms with Crippen LogP contribution in [0, 0.1) is 24.3 Å². The average molecular weight is 884 g/mol. The van der Waals surface area contributed by atoms with Crippen LogP contribution in [0.4, 0.5) is 11.4 Å². The predicted octanol–water partition coefficient (Wildman–Crippen LogP) is 4.36. The summed E-state index contributed by atoms with van der Waals surface area (Å²) in [6.07, 6.45) is 22.0. The van der Waals surface area contributed by atoms with Gasteiger partial charge in [-0.3, -0.25) is 12.2 Å². The second-order valence-corrected chi connectivity index (χ2v) is 17.9. The molecule has 4 aliphatic rings. The predicted molar refractivity (Wildman–Crippen MR) is 212 cm³/mol. The van der Waals surface area contributed by atoms with E-state index in [1.54, 1.807) is 48.5 Å². The molecule has 52 heavy (non-hydrogen) atoms. The van der Waals surface area contributed by atoms with Crippen molar-refractivity contribution < 1.29 is 73.3 Å². The molecular weight excluding hydrogens is 834 g/mol. The molecule has 0 atom stereocenters. The molecular formula is C46H50Cl2N2Zr2-2. The molecule has 4 aromatic carbocycles. The van der Waals surface area contributed by atoms with Crippen molar-refractivity contribution >= 4 is 17.8 Å². The first kappa shape index (κ1) is 47.5. The molecule has 4 aromatic rings. The minimum Gasteiger partial charge on any atom is -1.00 e. The van der Waals surface area contributed by atoms with E-state index >= 15 is 0 Å². The molecule has 4 aliphatic carbocycles. The second kappa shape index (κ2) is 25.5. The minimum absolute atomic E-state index is 0. The van der Waals surface area contributed by atoms with Crippen LogP contribution in [0.2, 0.25) is 0 Å². The van der Waals surface area contributed by atoms with Gasteiger partial charge in [-0.1, -0.05) is 82.2 Å². The summed E-state index contributed by atoms with van der Waals surface area (Å²) in [5.74, 6) is 0. The Balaban J connectivity index is 0.000000348. The quantitative estimate of drug-likeness (QED) is 0.239. The third-order valence-corrected chi connectivity index (χ3v) is 7.51. The third kappa shape index (κ3) is 16.3. The summed E-state index contributed by atoms with van der Waals surface area (Å²) in [6.45, 7) is 8.49. The van der Waals surface area contributed by atoms with Crippen LogP contribution in [0.3, 0.4) is 0 Å². The fraction of sp³-hybridized carbons (Fsp3) is 0.261. The van der Waals surface area contributed by atoms with Gasteiger partial charge in [-0.05, 0) is 12.8 Å². The normalized spacial score (nSPS) is 11.9. The maximum atomic E-state index is 3.50. The molecule has 0 amide bonds. The van der Waals surface area contributed by atoms with Crippen molar-refractivity contribution in [3.05, 3.63) is 156 Å². The van der Waals surface area contributed by atoms with Gasteiger partial charge in [-0.2, -0.15) is 36.4 Å². The van der Waals surface area contributed by atoms with E-state index < -0.39 is 0 Å². The van der Waals surface area contributed by atoms with Crippen LogP contribution in [0.5, 0.6) is 0 Å². The van der Waals surface area contributed by atoms with Gasteiger partial charge in [0, 0.05) is 28.2 Å². The first-order valence-corrected chi connectivity index (χ1v) is 19.5. The summed E-state index contributed by atoms with van der Waals surface area (Å²) in [7, 11) is 8.22. The molecule has 8 rings (SSSR count). The fourth-order valence-corrected chi connectivity index (χ4v) is 5.29. The Labute approximate surface area is 357 Å². The largest absolute Gasteiger partial charge is 1.00 e. The topological polar surface area (TPSA) is 6.48 Å². The molecule has 0 fully saturated rings. The second-order valence-electron chi connectivity index (χ2n) is 12.9. The van der Waals surface area contributed by atoms with Crippen molar-refractivity contribution in [1.82, 2.24) is 0 Å². The Morgan fingerprint density at radius 1 is 0.519 bits per heavy atom. The van der Waals surface area contributed by atoms with Crippen LogP contribution in [0.15, 0.2) is 109 Å². The van der Waals surface area contributed by atoms with E-state index in [1.807, 2.05) is 24.3 Å². The number of rotatable bonds is 2. The van der Waals surface area contributed by atoms with E-state index in [4.69, 9.17) is 0 Å². The molecule has 0 saturated carbocycles. The van der Waals surface area contributed by atoms with Gasteiger partial charge in [0.1, 0.15) is 0 Å². The Morgan fingerprint density at radius 2 is 0.865 bits per heavy atom. The number of benzene rings is 4. The minimum atomic E-state index is 0. The first-order valence-electron chi connectivity index (χ1n) is 17.1. The standard InChI is InChI=1S/2C15H14N.2C5H5.2C3H6.2ClH.2Zr/c2*1-16(2)13-7-8-15-12(10-13)9-11-5-3-4-6-14(11)15;2*1-2-4-5-3-1;2*1-3-2;;;;/h2*3-8H,9H2,1-2H3;2*1-3H,4H2;2*1-2H3;2*1H;;/q4*-1;;;;;2*+2/p-2. The summed E-state index contributed by atoms with van der Waals surface area (Å²) in [5, 5.41) is 0. The first-order chi connectivity index (χ1) is 24.0. The number of anilines is 2. The van der Waals surface area contributed by atoms with Crippen molar-refractivity contribution in [2.75, 3.05) is 38.0 Å². The zero-order valence-electron chi connectivity index (χ0n) is 31.9. The van der Waals surface area contributed by atoms with Gasteiger partial charge in [0.15, 0.2) is 0 Å². The van der Waals surface area contributed by atoms with Gasteiger partial charge in [-0.25, -0.2) is 24.3 Å². The Hall–Kier alpha value is -2.47. The Morgan fingerprint density at radius 3 is 1.13 bits per heavy atom. The monoisotopic (exact) mass is 880 g/mol. The van der Waals surface area contributed by atoms with E-state index in [9.17, 15) is 0 Å². The van der Waals surface area contributed by atoms with E-state index in [1.165, 1.54) is 50.9 Å². The number of hydrogen-bond acceptors (Lipinski definition) is 2. The molecule has 0 spiro atoms.